The summed E-state index contributed by atoms with van der Waals surface area (Å²) in [6.07, 6.45) is 16.8. The Balaban J connectivity index is 0. The van der Waals surface area contributed by atoms with Crippen molar-refractivity contribution in [3.05, 3.63) is 0 Å². The first-order valence-corrected chi connectivity index (χ1v) is 9.03. The van der Waals surface area contributed by atoms with E-state index in [1.54, 1.807) is 0 Å². The van der Waals surface area contributed by atoms with E-state index in [4.69, 9.17) is 5.11 Å². The summed E-state index contributed by atoms with van der Waals surface area (Å²) in [7, 11) is 2.11. The van der Waals surface area contributed by atoms with Crippen molar-refractivity contribution in [2.75, 3.05) is 20.2 Å². The van der Waals surface area contributed by atoms with Gasteiger partial charge in [-0.25, -0.2) is 0 Å². The number of unbranched alkanes of at least 4 members (excludes halogenated alkanes) is 11. The lowest BCUT2D eigenvalue weighted by Crippen LogP contribution is -2.32. The summed E-state index contributed by atoms with van der Waals surface area (Å²) in [5, 5.41) is 9.05. The molecule has 0 heterocycles. The Morgan fingerprint density at radius 1 is 0.762 bits per heavy atom. The van der Waals surface area contributed by atoms with Crippen LogP contribution < -0.4 is 0 Å². The van der Waals surface area contributed by atoms with Gasteiger partial charge in [-0.15, -0.1) is 12.4 Å². The normalized spacial score (nSPS) is 12.4. The quantitative estimate of drug-likeness (QED) is 0.407. The van der Waals surface area contributed by atoms with Gasteiger partial charge in [-0.2, -0.15) is 0 Å². The zero-order valence-electron chi connectivity index (χ0n) is 14.8. The van der Waals surface area contributed by atoms with Crippen molar-refractivity contribution in [3.63, 3.8) is 0 Å². The van der Waals surface area contributed by atoms with E-state index in [9.17, 15) is 0 Å². The molecule has 0 radical (unpaired) electrons. The highest BCUT2D eigenvalue weighted by Crippen LogP contribution is 2.12. The molecule has 0 amide bonds. The molecule has 0 aliphatic carbocycles. The predicted octanol–water partition coefficient (Wildman–Crippen LogP) is 5.42. The molecule has 1 unspecified atom stereocenters. The van der Waals surface area contributed by atoms with Gasteiger partial charge in [0.25, 0.3) is 0 Å². The number of rotatable bonds is 15. The third-order valence-corrected chi connectivity index (χ3v) is 4.38. The van der Waals surface area contributed by atoms with E-state index < -0.39 is 0 Å². The predicted molar refractivity (Wildman–Crippen MR) is 97.5 cm³/mol. The van der Waals surface area contributed by atoms with E-state index in [0.29, 0.717) is 6.04 Å². The number of likely N-dealkylation sites (N-methyl/N-ethyl adjacent to an activating group) is 1. The number of hydrogen-bond acceptors (Lipinski definition) is 2. The van der Waals surface area contributed by atoms with Gasteiger partial charge in [0.2, 0.25) is 0 Å². The summed E-state index contributed by atoms with van der Waals surface area (Å²) in [6, 6.07) is 0.308. The monoisotopic (exact) mass is 321 g/mol. The Morgan fingerprint density at radius 3 is 1.52 bits per heavy atom. The minimum absolute atomic E-state index is 0. The third-order valence-electron chi connectivity index (χ3n) is 4.38. The number of halogens is 1. The van der Waals surface area contributed by atoms with Gasteiger partial charge in [0.05, 0.1) is 6.61 Å². The molecule has 0 aliphatic rings. The van der Waals surface area contributed by atoms with E-state index in [1.807, 2.05) is 0 Å². The number of hydrogen-bond donors (Lipinski definition) is 1. The second-order valence-electron chi connectivity index (χ2n) is 6.40. The molecule has 3 heteroatoms. The fourth-order valence-electron chi connectivity index (χ4n) is 2.56. The van der Waals surface area contributed by atoms with E-state index >= 15 is 0 Å². The molecule has 130 valence electrons. The molecule has 0 aromatic rings. The van der Waals surface area contributed by atoms with Crippen molar-refractivity contribution in [3.8, 4) is 0 Å². The Labute approximate surface area is 140 Å². The molecular weight excluding hydrogens is 282 g/mol. The molecule has 0 spiro atoms. The van der Waals surface area contributed by atoms with Gasteiger partial charge >= 0.3 is 0 Å². The first kappa shape index (κ1) is 23.5. The Bertz CT molecular complexity index is 190. The molecule has 2 nitrogen and oxygen atoms in total. The van der Waals surface area contributed by atoms with Gasteiger partial charge in [-0.3, -0.25) is 0 Å². The highest BCUT2D eigenvalue weighted by atomic mass is 35.5. The fourth-order valence-corrected chi connectivity index (χ4v) is 2.56. The Morgan fingerprint density at radius 2 is 1.14 bits per heavy atom. The van der Waals surface area contributed by atoms with Crippen LogP contribution in [0.25, 0.3) is 0 Å². The molecule has 0 aliphatic heterocycles. The maximum atomic E-state index is 9.05. The standard InChI is InChI=1S/C18H39NO.ClH/c1-4-5-6-7-8-9-10-11-12-13-14-15-16-19(3)18(2)17-20;/h18,20H,4-17H2,1-3H3;1H. The summed E-state index contributed by atoms with van der Waals surface area (Å²) in [4.78, 5) is 2.26. The van der Waals surface area contributed by atoms with Crippen molar-refractivity contribution >= 4 is 12.4 Å². The van der Waals surface area contributed by atoms with Crippen LogP contribution in [0.5, 0.6) is 0 Å². The summed E-state index contributed by atoms with van der Waals surface area (Å²) >= 11 is 0. The molecule has 0 aromatic heterocycles. The molecule has 1 N–H and O–H groups in total. The molecule has 0 saturated carbocycles. The van der Waals surface area contributed by atoms with Crippen molar-refractivity contribution in [2.24, 2.45) is 0 Å². The van der Waals surface area contributed by atoms with Crippen molar-refractivity contribution in [2.45, 2.75) is 96.9 Å². The van der Waals surface area contributed by atoms with Gasteiger partial charge in [-0.1, -0.05) is 77.6 Å². The lowest BCUT2D eigenvalue weighted by molar-refractivity contribution is 0.157. The first-order chi connectivity index (χ1) is 9.72. The highest BCUT2D eigenvalue weighted by Gasteiger charge is 2.06. The van der Waals surface area contributed by atoms with Crippen LogP contribution in [-0.4, -0.2) is 36.2 Å². The van der Waals surface area contributed by atoms with E-state index in [1.165, 1.54) is 77.0 Å². The second-order valence-corrected chi connectivity index (χ2v) is 6.40. The van der Waals surface area contributed by atoms with Gasteiger partial charge in [0, 0.05) is 6.04 Å². The number of nitrogens with zero attached hydrogens (tertiary/aromatic N) is 1. The number of aliphatic hydroxyl groups excluding tert-OH is 1. The fraction of sp³-hybridized carbons (Fsp3) is 1.00. The Kier molecular flexibility index (Phi) is 20.4. The minimum Gasteiger partial charge on any atom is -0.395 e. The third kappa shape index (κ3) is 16.4. The molecule has 0 rings (SSSR count). The number of aliphatic hydroxyl groups is 1. The lowest BCUT2D eigenvalue weighted by atomic mass is 10.1. The second kappa shape index (κ2) is 18.3. The molecule has 1 atom stereocenters. The van der Waals surface area contributed by atoms with Gasteiger partial charge in [0.1, 0.15) is 0 Å². The van der Waals surface area contributed by atoms with Crippen LogP contribution in [-0.2, 0) is 0 Å². The highest BCUT2D eigenvalue weighted by molar-refractivity contribution is 5.85. The van der Waals surface area contributed by atoms with Gasteiger partial charge < -0.3 is 10.0 Å². The maximum Gasteiger partial charge on any atom is 0.0584 e. The summed E-state index contributed by atoms with van der Waals surface area (Å²) in [6.45, 7) is 5.76. The molecule has 21 heavy (non-hydrogen) atoms. The van der Waals surface area contributed by atoms with E-state index in [2.05, 4.69) is 25.8 Å². The molecule has 0 fully saturated rings. The van der Waals surface area contributed by atoms with Crippen LogP contribution in [0.1, 0.15) is 90.9 Å². The maximum absolute atomic E-state index is 9.05. The van der Waals surface area contributed by atoms with Crippen LogP contribution in [0.4, 0.5) is 0 Å². The van der Waals surface area contributed by atoms with E-state index in [0.717, 1.165) is 6.54 Å². The van der Waals surface area contributed by atoms with Crippen molar-refractivity contribution in [1.29, 1.82) is 0 Å². The summed E-state index contributed by atoms with van der Waals surface area (Å²) in [5.41, 5.74) is 0. The zero-order chi connectivity index (χ0) is 15.1. The van der Waals surface area contributed by atoms with Crippen molar-refractivity contribution in [1.82, 2.24) is 4.90 Å². The molecular formula is C18H40ClNO. The average Bonchev–Trinajstić information content (AvgIpc) is 2.47. The van der Waals surface area contributed by atoms with Crippen LogP contribution in [0.2, 0.25) is 0 Å². The topological polar surface area (TPSA) is 23.5 Å². The van der Waals surface area contributed by atoms with Crippen molar-refractivity contribution < 1.29 is 5.11 Å². The van der Waals surface area contributed by atoms with Crippen LogP contribution >= 0.6 is 12.4 Å². The summed E-state index contributed by atoms with van der Waals surface area (Å²) < 4.78 is 0. The van der Waals surface area contributed by atoms with Gasteiger partial charge in [-0.05, 0) is 26.9 Å². The molecule has 0 aromatic carbocycles. The largest absolute Gasteiger partial charge is 0.395 e. The lowest BCUT2D eigenvalue weighted by Gasteiger charge is -2.22. The van der Waals surface area contributed by atoms with Crippen LogP contribution in [0.3, 0.4) is 0 Å². The van der Waals surface area contributed by atoms with Crippen LogP contribution in [0.15, 0.2) is 0 Å². The smallest absolute Gasteiger partial charge is 0.0584 e. The minimum atomic E-state index is 0. The zero-order valence-corrected chi connectivity index (χ0v) is 15.6. The summed E-state index contributed by atoms with van der Waals surface area (Å²) in [5.74, 6) is 0. The van der Waals surface area contributed by atoms with Gasteiger partial charge in [0.15, 0.2) is 0 Å². The van der Waals surface area contributed by atoms with E-state index in [-0.39, 0.29) is 19.0 Å². The Hall–Kier alpha value is 0.210. The SMILES string of the molecule is CCCCCCCCCCCCCCN(C)C(C)CO.Cl. The first-order valence-electron chi connectivity index (χ1n) is 9.03. The average molecular weight is 322 g/mol. The molecule has 0 saturated heterocycles. The van der Waals surface area contributed by atoms with Crippen LogP contribution in [0, 0.1) is 0 Å². The molecule has 0 bridgehead atoms.